The number of carbonyl (C=O) groups excluding carboxylic acids is 1. The van der Waals surface area contributed by atoms with Gasteiger partial charge in [0.1, 0.15) is 73.2 Å². The first-order valence-electron chi connectivity index (χ1n) is 34.2. The molecule has 504 valence electrons. The van der Waals surface area contributed by atoms with Gasteiger partial charge in [0, 0.05) is 6.42 Å². The molecule has 1 amide bonds. The van der Waals surface area contributed by atoms with E-state index in [0.717, 1.165) is 70.6 Å². The van der Waals surface area contributed by atoms with Crippen LogP contribution in [0.2, 0.25) is 0 Å². The maximum absolute atomic E-state index is 13.4. The summed E-state index contributed by atoms with van der Waals surface area (Å²) in [7, 11) is 0. The van der Waals surface area contributed by atoms with Gasteiger partial charge in [-0.15, -0.1) is 0 Å². The number of rotatable bonds is 52. The molecule has 3 saturated heterocycles. The number of carbonyl (C=O) groups is 1. The molecule has 3 rings (SSSR count). The second-order valence-corrected chi connectivity index (χ2v) is 24.6. The molecule has 0 saturated carbocycles. The zero-order valence-corrected chi connectivity index (χ0v) is 53.0. The summed E-state index contributed by atoms with van der Waals surface area (Å²) in [6.45, 7) is 1.72. The smallest absolute Gasteiger partial charge is 0.220 e. The van der Waals surface area contributed by atoms with Crippen LogP contribution in [-0.2, 0) is 33.2 Å². The fraction of sp³-hybridized carbons (Fsp3) is 0.896. The van der Waals surface area contributed by atoms with Crippen LogP contribution in [0, 0.1) is 0 Å². The van der Waals surface area contributed by atoms with E-state index in [0.29, 0.717) is 6.42 Å². The molecule has 0 spiro atoms. The van der Waals surface area contributed by atoms with E-state index in [9.17, 15) is 61.0 Å². The Bertz CT molecular complexity index is 1710. The van der Waals surface area contributed by atoms with Crippen molar-refractivity contribution in [3.63, 3.8) is 0 Å². The quantitative estimate of drug-likeness (QED) is 0.0201. The molecule has 0 radical (unpaired) electrons. The van der Waals surface area contributed by atoms with Crippen molar-refractivity contribution in [3.05, 3.63) is 36.5 Å². The number of nitrogens with one attached hydrogen (secondary N) is 1. The summed E-state index contributed by atoms with van der Waals surface area (Å²) in [6.07, 6.45) is 29.8. The first-order valence-corrected chi connectivity index (χ1v) is 34.2. The molecule has 12 N–H and O–H groups in total. The molecule has 19 nitrogen and oxygen atoms in total. The van der Waals surface area contributed by atoms with E-state index in [2.05, 4.69) is 43.5 Å². The zero-order valence-electron chi connectivity index (χ0n) is 53.0. The number of aliphatic hydroxyl groups excluding tert-OH is 11. The highest BCUT2D eigenvalue weighted by Crippen LogP contribution is 2.33. The predicted molar refractivity (Wildman–Crippen MR) is 333 cm³/mol. The molecule has 17 atom stereocenters. The maximum atomic E-state index is 13.4. The normalized spacial score (nSPS) is 29.0. The van der Waals surface area contributed by atoms with E-state index in [1.54, 1.807) is 6.08 Å². The number of aliphatic hydroxyl groups is 11. The van der Waals surface area contributed by atoms with Gasteiger partial charge in [-0.1, -0.05) is 230 Å². The number of amides is 1. The lowest BCUT2D eigenvalue weighted by Gasteiger charge is -2.48. The largest absolute Gasteiger partial charge is 0.394 e. The van der Waals surface area contributed by atoms with Crippen LogP contribution in [0.1, 0.15) is 251 Å². The molecule has 19 heteroatoms. The van der Waals surface area contributed by atoms with Crippen LogP contribution in [0.5, 0.6) is 0 Å². The fourth-order valence-electron chi connectivity index (χ4n) is 11.6. The van der Waals surface area contributed by atoms with E-state index >= 15 is 0 Å². The highest BCUT2D eigenvalue weighted by Gasteiger charge is 2.53. The molecular formula is C67H123NO18. The van der Waals surface area contributed by atoms with Crippen LogP contribution in [-0.4, -0.2) is 193 Å². The molecule has 0 aliphatic carbocycles. The average Bonchev–Trinajstić information content (AvgIpc) is 2.32. The summed E-state index contributed by atoms with van der Waals surface area (Å²) in [5, 5.41) is 120. The summed E-state index contributed by atoms with van der Waals surface area (Å²) in [5.41, 5.74) is 0. The first kappa shape index (κ1) is 78.3. The van der Waals surface area contributed by atoms with E-state index in [1.807, 2.05) is 6.08 Å². The van der Waals surface area contributed by atoms with Gasteiger partial charge < -0.3 is 89.9 Å². The van der Waals surface area contributed by atoms with Crippen LogP contribution >= 0.6 is 0 Å². The van der Waals surface area contributed by atoms with Crippen LogP contribution in [0.25, 0.3) is 0 Å². The number of hydrogen-bond acceptors (Lipinski definition) is 18. The van der Waals surface area contributed by atoms with Crippen molar-refractivity contribution < 1.29 is 89.4 Å². The molecule has 0 aromatic rings. The summed E-state index contributed by atoms with van der Waals surface area (Å²) in [6, 6.07) is -0.980. The number of unbranched alkanes of at least 4 members (excludes halogenated alkanes) is 32. The van der Waals surface area contributed by atoms with Crippen molar-refractivity contribution in [3.8, 4) is 0 Å². The third-order valence-electron chi connectivity index (χ3n) is 17.2. The van der Waals surface area contributed by atoms with Crippen molar-refractivity contribution in [1.29, 1.82) is 0 Å². The minimum atomic E-state index is -1.98. The lowest BCUT2D eigenvalue weighted by atomic mass is 9.96. The SMILES string of the molecule is CCCCCC/C=C\C/C=C\CCCCCCCC(=O)NC(COC1OC(CO)C(OC2OC(CO)C(OC3OC(CO)C(O)C(O)C3O)C(O)C2O)C(O)C1O)C(O)/C=C/CCCCCCCCCCCCCCCCCCCCCCCCC. The Kier molecular flexibility index (Phi) is 45.2. The molecule has 3 aliphatic rings. The molecule has 0 aromatic heterocycles. The third-order valence-corrected chi connectivity index (χ3v) is 17.2. The van der Waals surface area contributed by atoms with E-state index < -0.39 is 124 Å². The van der Waals surface area contributed by atoms with Crippen LogP contribution in [0.15, 0.2) is 36.5 Å². The fourth-order valence-corrected chi connectivity index (χ4v) is 11.6. The molecule has 3 aliphatic heterocycles. The van der Waals surface area contributed by atoms with Crippen LogP contribution < -0.4 is 5.32 Å². The highest BCUT2D eigenvalue weighted by molar-refractivity contribution is 5.76. The van der Waals surface area contributed by atoms with Crippen molar-refractivity contribution in [2.24, 2.45) is 0 Å². The predicted octanol–water partition coefficient (Wildman–Crippen LogP) is 8.44. The van der Waals surface area contributed by atoms with Crippen LogP contribution in [0.3, 0.4) is 0 Å². The van der Waals surface area contributed by atoms with E-state index in [4.69, 9.17) is 28.4 Å². The van der Waals surface area contributed by atoms with Crippen molar-refractivity contribution in [2.75, 3.05) is 26.4 Å². The van der Waals surface area contributed by atoms with Gasteiger partial charge >= 0.3 is 0 Å². The Morgan fingerprint density at radius 1 is 0.419 bits per heavy atom. The second kappa shape index (κ2) is 49.7. The molecule has 3 heterocycles. The summed E-state index contributed by atoms with van der Waals surface area (Å²) >= 11 is 0. The van der Waals surface area contributed by atoms with Gasteiger partial charge in [-0.3, -0.25) is 4.79 Å². The molecule has 17 unspecified atom stereocenters. The molecular weight excluding hydrogens is 1110 g/mol. The Morgan fingerprint density at radius 3 is 1.20 bits per heavy atom. The van der Waals surface area contributed by atoms with Crippen LogP contribution in [0.4, 0.5) is 0 Å². The van der Waals surface area contributed by atoms with Gasteiger partial charge in [0.15, 0.2) is 18.9 Å². The Morgan fingerprint density at radius 2 is 0.767 bits per heavy atom. The van der Waals surface area contributed by atoms with Gasteiger partial charge in [0.05, 0.1) is 38.6 Å². The Balaban J connectivity index is 1.45. The monoisotopic (exact) mass is 1230 g/mol. The molecule has 0 aromatic carbocycles. The lowest BCUT2D eigenvalue weighted by molar-refractivity contribution is -0.379. The second-order valence-electron chi connectivity index (χ2n) is 24.6. The van der Waals surface area contributed by atoms with Gasteiger partial charge in [-0.25, -0.2) is 0 Å². The molecule has 0 bridgehead atoms. The van der Waals surface area contributed by atoms with E-state index in [-0.39, 0.29) is 18.9 Å². The number of ether oxygens (including phenoxy) is 6. The highest BCUT2D eigenvalue weighted by atomic mass is 16.8. The number of hydrogen-bond donors (Lipinski definition) is 12. The van der Waals surface area contributed by atoms with Gasteiger partial charge in [0.2, 0.25) is 5.91 Å². The van der Waals surface area contributed by atoms with E-state index in [1.165, 1.54) is 154 Å². The molecule has 86 heavy (non-hydrogen) atoms. The Hall–Kier alpha value is -1.99. The van der Waals surface area contributed by atoms with Gasteiger partial charge in [-0.05, 0) is 51.4 Å². The third kappa shape index (κ3) is 31.8. The minimum absolute atomic E-state index is 0.228. The van der Waals surface area contributed by atoms with Gasteiger partial charge in [-0.2, -0.15) is 0 Å². The van der Waals surface area contributed by atoms with Crippen molar-refractivity contribution in [2.45, 2.75) is 356 Å². The maximum Gasteiger partial charge on any atom is 0.220 e. The Labute approximate surface area is 517 Å². The lowest BCUT2D eigenvalue weighted by Crippen LogP contribution is -2.66. The number of allylic oxidation sites excluding steroid dienone is 5. The van der Waals surface area contributed by atoms with Gasteiger partial charge in [0.25, 0.3) is 0 Å². The molecule has 3 fully saturated rings. The first-order chi connectivity index (χ1) is 41.8. The summed E-state index contributed by atoms with van der Waals surface area (Å²) in [4.78, 5) is 13.4. The minimum Gasteiger partial charge on any atom is -0.394 e. The average molecular weight is 1230 g/mol. The summed E-state index contributed by atoms with van der Waals surface area (Å²) < 4.78 is 34.3. The zero-order chi connectivity index (χ0) is 62.6. The topological polar surface area (TPSA) is 307 Å². The van der Waals surface area contributed by atoms with Crippen molar-refractivity contribution in [1.82, 2.24) is 5.32 Å². The standard InChI is InChI=1S/C67H123NO18/c1-3-5-7-9-11-13-15-17-19-21-22-23-24-25-26-27-28-29-30-32-34-36-38-40-42-44-51(72)50(68-55(73)45-43-41-39-37-35-33-31-20-18-16-14-12-10-8-6-4-2)49-81-65-61(79)58(76)63(53(47-70)83-65)86-67-62(80)59(77)64(54(48-71)84-67)85-66-60(78)57(75)56(74)52(46-69)82-66/h14,16,20,31,42,44,50-54,56-67,69-72,74-80H,3-13,15,17-19,21-30,32-41,43,45-49H2,1-2H3,(H,68,73)/b16-14-,31-20-,44-42+. The van der Waals surface area contributed by atoms with Crippen molar-refractivity contribution >= 4 is 5.91 Å². The summed E-state index contributed by atoms with van der Waals surface area (Å²) in [5.74, 6) is -0.288.